The van der Waals surface area contributed by atoms with Crippen LogP contribution in [-0.4, -0.2) is 34.4 Å². The molecule has 0 aliphatic heterocycles. The van der Waals surface area contributed by atoms with Crippen LogP contribution in [0.5, 0.6) is 0 Å². The molecular weight excluding hydrogens is 107 g/mol. The Hall–Kier alpha value is 0.0597. The van der Waals surface area contributed by atoms with Crippen LogP contribution in [0, 0.1) is 0 Å². The zero-order valence-corrected chi connectivity index (χ0v) is 5.97. The van der Waals surface area contributed by atoms with Crippen LogP contribution in [0.4, 0.5) is 0 Å². The van der Waals surface area contributed by atoms with Gasteiger partial charge in [0.1, 0.15) is 0 Å². The Morgan fingerprint density at radius 2 is 2.33 bits per heavy atom. The molecule has 0 spiro atoms. The molecule has 5 heteroatoms. The van der Waals surface area contributed by atoms with Gasteiger partial charge in [0.05, 0.1) is 0 Å². The van der Waals surface area contributed by atoms with Crippen molar-refractivity contribution in [1.82, 2.24) is 0 Å². The average Bonchev–Trinajstić information content (AvgIpc) is 1.89. The molecule has 0 aromatic carbocycles. The number of hydrogen-bond donors (Lipinski definition) is 0. The van der Waals surface area contributed by atoms with Crippen LogP contribution in [0.15, 0.2) is 0 Å². The predicted octanol–water partition coefficient (Wildman–Crippen LogP) is -0.524. The fourth-order valence-corrected chi connectivity index (χ4v) is 0.407. The summed E-state index contributed by atoms with van der Waals surface area (Å²) in [5.74, 6) is 0. The first kappa shape index (κ1) is 9.06. The normalized spacial score (nSPS) is 7.56. The van der Waals surface area contributed by atoms with Crippen molar-refractivity contribution in [2.75, 3.05) is 6.61 Å². The molecule has 0 amide bonds. The molecule has 9 heavy (non-hydrogen) atoms. The van der Waals surface area contributed by atoms with Crippen molar-refractivity contribution >= 4 is 27.8 Å². The van der Waals surface area contributed by atoms with E-state index in [-0.39, 0.29) is 0 Å². The molecule has 0 radical (unpaired) electrons. The van der Waals surface area contributed by atoms with Gasteiger partial charge in [-0.15, -0.1) is 0 Å². The van der Waals surface area contributed by atoms with E-state index in [1.807, 2.05) is 0 Å². The topological polar surface area (TPSA) is 9.23 Å². The summed E-state index contributed by atoms with van der Waals surface area (Å²) in [6, 6.07) is 0. The van der Waals surface area contributed by atoms with Crippen molar-refractivity contribution < 1.29 is 4.65 Å². The molecule has 0 heterocycles. The zero-order valence-electron chi connectivity index (χ0n) is 5.97. The van der Waals surface area contributed by atoms with Gasteiger partial charge in [-0.25, -0.2) is 0 Å². The SMILES string of the molecule is B=BB=BOCCCC. The van der Waals surface area contributed by atoms with Crippen molar-refractivity contribution in [3.05, 3.63) is 0 Å². The van der Waals surface area contributed by atoms with Crippen molar-refractivity contribution in [3.63, 3.8) is 0 Å². The molecular formula is C4H10B4O. The molecule has 1 nitrogen and oxygen atoms in total. The summed E-state index contributed by atoms with van der Waals surface area (Å²) in [5.41, 5.74) is 0. The first-order valence-corrected chi connectivity index (χ1v) is 3.31. The second-order valence-corrected chi connectivity index (χ2v) is 1.79. The summed E-state index contributed by atoms with van der Waals surface area (Å²) in [6.07, 6.45) is 2.31. The number of rotatable bonds is 5. The third-order valence-corrected chi connectivity index (χ3v) is 0.927. The third-order valence-electron chi connectivity index (χ3n) is 0.927. The minimum atomic E-state index is 0.820. The average molecular weight is 117 g/mol. The third kappa shape index (κ3) is 8.06. The first-order chi connectivity index (χ1) is 4.41. The van der Waals surface area contributed by atoms with Crippen molar-refractivity contribution in [2.24, 2.45) is 0 Å². The maximum atomic E-state index is 5.06. The Labute approximate surface area is 59.6 Å². The van der Waals surface area contributed by atoms with E-state index < -0.39 is 0 Å². The second kappa shape index (κ2) is 8.06. The monoisotopic (exact) mass is 118 g/mol. The molecule has 0 aliphatic carbocycles. The van der Waals surface area contributed by atoms with Gasteiger partial charge in [0.2, 0.25) is 0 Å². The Morgan fingerprint density at radius 3 is 2.89 bits per heavy atom. The molecule has 0 aromatic heterocycles. The maximum absolute atomic E-state index is 5.06. The molecule has 0 rings (SSSR count). The zero-order chi connectivity index (χ0) is 6.95. The fraction of sp³-hybridized carbons (Fsp3) is 1.00. The van der Waals surface area contributed by atoms with E-state index in [0.717, 1.165) is 13.0 Å². The van der Waals surface area contributed by atoms with Crippen LogP contribution in [0.3, 0.4) is 0 Å². The molecule has 0 fully saturated rings. The van der Waals surface area contributed by atoms with E-state index in [0.29, 0.717) is 0 Å². The molecule has 44 valence electrons. The van der Waals surface area contributed by atoms with Crippen LogP contribution < -0.4 is 0 Å². The molecule has 0 saturated carbocycles. The summed E-state index contributed by atoms with van der Waals surface area (Å²) in [7, 11) is 5.18. The van der Waals surface area contributed by atoms with Crippen molar-refractivity contribution in [1.29, 1.82) is 0 Å². The molecule has 0 atom stereocenters. The van der Waals surface area contributed by atoms with E-state index >= 15 is 0 Å². The number of unbranched alkanes of at least 4 members (excludes halogenated alkanes) is 1. The van der Waals surface area contributed by atoms with Crippen LogP contribution in [0.2, 0.25) is 0 Å². The number of hydrogen-bond acceptors (Lipinski definition) is 1. The quantitative estimate of drug-likeness (QED) is 0.348. The summed E-state index contributed by atoms with van der Waals surface area (Å²) < 4.78 is 5.06. The summed E-state index contributed by atoms with van der Waals surface area (Å²) in [5, 5.41) is 0. The summed E-state index contributed by atoms with van der Waals surface area (Å²) in [6.45, 7) is 6.45. The second-order valence-electron chi connectivity index (χ2n) is 1.79. The van der Waals surface area contributed by atoms with Gasteiger partial charge in [0, 0.05) is 0 Å². The molecule has 0 unspecified atom stereocenters. The molecule has 0 saturated heterocycles. The van der Waals surface area contributed by atoms with Gasteiger partial charge in [-0.2, -0.15) is 0 Å². The van der Waals surface area contributed by atoms with Crippen LogP contribution in [0.1, 0.15) is 19.8 Å². The van der Waals surface area contributed by atoms with E-state index in [9.17, 15) is 0 Å². The van der Waals surface area contributed by atoms with Gasteiger partial charge in [-0.1, -0.05) is 0 Å². The van der Waals surface area contributed by atoms with Crippen LogP contribution in [-0.2, 0) is 4.65 Å². The summed E-state index contributed by atoms with van der Waals surface area (Å²) in [4.78, 5) is 0. The Balaban J connectivity index is 2.90. The van der Waals surface area contributed by atoms with Crippen molar-refractivity contribution in [2.45, 2.75) is 19.8 Å². The summed E-state index contributed by atoms with van der Waals surface area (Å²) >= 11 is 0. The predicted molar refractivity (Wildman–Crippen MR) is 45.3 cm³/mol. The Bertz CT molecular complexity index is 92.6. The van der Waals surface area contributed by atoms with Crippen LogP contribution in [0.25, 0.3) is 0 Å². The molecule has 0 aromatic rings. The van der Waals surface area contributed by atoms with E-state index in [1.54, 1.807) is 20.4 Å². The molecule has 0 bridgehead atoms. The van der Waals surface area contributed by atoms with E-state index in [2.05, 4.69) is 14.3 Å². The minimum absolute atomic E-state index is 0.820. The van der Waals surface area contributed by atoms with E-state index in [4.69, 9.17) is 4.65 Å². The first-order valence-electron chi connectivity index (χ1n) is 3.31. The van der Waals surface area contributed by atoms with Crippen LogP contribution >= 0.6 is 0 Å². The van der Waals surface area contributed by atoms with Gasteiger partial charge < -0.3 is 0 Å². The molecule has 0 N–H and O–H groups in total. The standard InChI is InChI=1S/C4H10B4O/c1-2-3-4-9-8-7-6-5/h5H,2-4H2,1H3. The van der Waals surface area contributed by atoms with Gasteiger partial charge >= 0.3 is 58.8 Å². The van der Waals surface area contributed by atoms with Crippen molar-refractivity contribution in [3.8, 4) is 0 Å². The van der Waals surface area contributed by atoms with E-state index in [1.165, 1.54) is 6.42 Å². The van der Waals surface area contributed by atoms with Gasteiger partial charge in [-0.3, -0.25) is 0 Å². The van der Waals surface area contributed by atoms with Gasteiger partial charge in [0.25, 0.3) is 0 Å². The van der Waals surface area contributed by atoms with Gasteiger partial charge in [0.15, 0.2) is 0 Å². The Kier molecular flexibility index (Phi) is 8.11. The Morgan fingerprint density at radius 1 is 1.56 bits per heavy atom. The fourth-order valence-electron chi connectivity index (χ4n) is 0.407. The molecule has 0 aliphatic rings. The van der Waals surface area contributed by atoms with Gasteiger partial charge in [-0.05, 0) is 0 Å².